The van der Waals surface area contributed by atoms with E-state index in [1.165, 1.54) is 19.4 Å². The number of nitrogens with one attached hydrogen (secondary N) is 3. The lowest BCUT2D eigenvalue weighted by molar-refractivity contribution is 0.399. The number of hydrogen-bond donors (Lipinski definition) is 4. The minimum Gasteiger partial charge on any atom is -0.504 e. The van der Waals surface area contributed by atoms with Gasteiger partial charge in [0.15, 0.2) is 23.1 Å². The average molecular weight is 439 g/mol. The van der Waals surface area contributed by atoms with Crippen molar-refractivity contribution in [2.24, 2.45) is 0 Å². The highest BCUT2D eigenvalue weighted by Gasteiger charge is 2.28. The summed E-state index contributed by atoms with van der Waals surface area (Å²) in [6, 6.07) is 2.62. The lowest BCUT2D eigenvalue weighted by Crippen LogP contribution is -2.54. The molecule has 1 fully saturated rings. The Bertz CT molecular complexity index is 1160. The van der Waals surface area contributed by atoms with Gasteiger partial charge in [-0.05, 0) is 26.0 Å². The number of anilines is 1. The van der Waals surface area contributed by atoms with Gasteiger partial charge in [-0.15, -0.1) is 0 Å². The van der Waals surface area contributed by atoms with Gasteiger partial charge in [-0.1, -0.05) is 0 Å². The number of aliphatic hydroxyl groups excluding tert-OH is 1. The van der Waals surface area contributed by atoms with E-state index in [1.54, 1.807) is 13.2 Å². The van der Waals surface area contributed by atoms with Crippen LogP contribution in [0.5, 0.6) is 5.88 Å². The zero-order chi connectivity index (χ0) is 23.0. The summed E-state index contributed by atoms with van der Waals surface area (Å²) in [4.78, 5) is 15.6. The van der Waals surface area contributed by atoms with Crippen LogP contribution in [0.25, 0.3) is 16.6 Å². The summed E-state index contributed by atoms with van der Waals surface area (Å²) in [6.45, 7) is 5.97. The van der Waals surface area contributed by atoms with Gasteiger partial charge in [-0.25, -0.2) is 14.4 Å². The van der Waals surface area contributed by atoms with Crippen LogP contribution in [0.15, 0.2) is 41.7 Å². The molecule has 0 aromatic carbocycles. The molecule has 10 heteroatoms. The summed E-state index contributed by atoms with van der Waals surface area (Å²) in [6.07, 6.45) is 4.67. The molecule has 0 saturated carbocycles. The van der Waals surface area contributed by atoms with Crippen molar-refractivity contribution in [3.8, 4) is 5.88 Å². The number of fused-ring (bicyclic) bond motifs is 1. The molecular weight excluding hydrogens is 413 g/mol. The van der Waals surface area contributed by atoms with E-state index in [0.717, 1.165) is 18.8 Å². The predicted octanol–water partition coefficient (Wildman–Crippen LogP) is 2.48. The van der Waals surface area contributed by atoms with Gasteiger partial charge >= 0.3 is 0 Å². The van der Waals surface area contributed by atoms with Crippen LogP contribution in [0.2, 0.25) is 0 Å². The lowest BCUT2D eigenvalue weighted by Gasteiger charge is -2.37. The molecule has 1 saturated heterocycles. The first-order valence-electron chi connectivity index (χ1n) is 10.3. The van der Waals surface area contributed by atoms with Crippen LogP contribution in [0.1, 0.15) is 19.7 Å². The number of nitrogens with zero attached hydrogens (tertiary/aromatic N) is 4. The molecule has 168 valence electrons. The third-order valence-corrected chi connectivity index (χ3v) is 5.43. The number of rotatable bonds is 4. The van der Waals surface area contributed by atoms with Crippen LogP contribution >= 0.6 is 0 Å². The first-order valence-corrected chi connectivity index (χ1v) is 10.3. The monoisotopic (exact) mass is 439 g/mol. The van der Waals surface area contributed by atoms with Gasteiger partial charge in [0.2, 0.25) is 5.88 Å². The average Bonchev–Trinajstić information content (AvgIpc) is 2.77. The SMILES string of the molecule is CN/C=C1/C=C(c2nc(OC)c3cc(N4CC(C)NC(C)C4)cnc3n2)C(O)=C(F)C1=N. The Hall–Kier alpha value is -3.53. The number of halogens is 1. The van der Waals surface area contributed by atoms with Gasteiger partial charge in [-0.2, -0.15) is 4.98 Å². The van der Waals surface area contributed by atoms with Gasteiger partial charge in [0.1, 0.15) is 5.71 Å². The lowest BCUT2D eigenvalue weighted by atomic mass is 9.97. The molecule has 9 nitrogen and oxygen atoms in total. The smallest absolute Gasteiger partial charge is 0.226 e. The molecule has 4 rings (SSSR count). The fourth-order valence-corrected chi connectivity index (χ4v) is 4.06. The minimum absolute atomic E-state index is 0.0517. The second kappa shape index (κ2) is 8.54. The van der Waals surface area contributed by atoms with Crippen LogP contribution in [0.3, 0.4) is 0 Å². The standard InChI is InChI=1S/C22H26FN7O2/c1-11-9-30(10-12(2)27-11)14-6-16-20(26-8-14)28-21(29-22(16)32-4)15-5-13(7-25-3)18(24)17(23)19(15)31/h5-8,11-12,24-25,27,31H,9-10H2,1-4H3/b13-7-,24-18?. The molecule has 2 unspecified atom stereocenters. The molecule has 2 aromatic heterocycles. The third kappa shape index (κ3) is 3.89. The second-order valence-electron chi connectivity index (χ2n) is 7.98. The number of methoxy groups -OCH3 is 1. The maximum atomic E-state index is 14.5. The molecule has 1 aliphatic heterocycles. The molecule has 1 aliphatic carbocycles. The zero-order valence-corrected chi connectivity index (χ0v) is 18.4. The molecule has 2 aromatic rings. The fourth-order valence-electron chi connectivity index (χ4n) is 4.06. The highest BCUT2D eigenvalue weighted by Crippen LogP contribution is 2.33. The van der Waals surface area contributed by atoms with Crippen molar-refractivity contribution in [1.29, 1.82) is 5.41 Å². The number of aliphatic hydroxyl groups is 1. The maximum absolute atomic E-state index is 14.5. The quantitative estimate of drug-likeness (QED) is 0.574. The first-order chi connectivity index (χ1) is 15.3. The Kier molecular flexibility index (Phi) is 5.79. The Labute approximate surface area is 185 Å². The normalized spacial score (nSPS) is 23.0. The van der Waals surface area contributed by atoms with Crippen molar-refractivity contribution in [3.63, 3.8) is 0 Å². The molecule has 4 N–H and O–H groups in total. The summed E-state index contributed by atoms with van der Waals surface area (Å²) < 4.78 is 20.0. The molecule has 3 heterocycles. The van der Waals surface area contributed by atoms with E-state index in [2.05, 4.69) is 44.3 Å². The first kappa shape index (κ1) is 21.7. The van der Waals surface area contributed by atoms with E-state index in [1.807, 2.05) is 6.07 Å². The van der Waals surface area contributed by atoms with Crippen molar-refractivity contribution in [2.45, 2.75) is 25.9 Å². The van der Waals surface area contributed by atoms with Crippen LogP contribution in [0.4, 0.5) is 10.1 Å². The molecule has 0 spiro atoms. The summed E-state index contributed by atoms with van der Waals surface area (Å²) in [5.41, 5.74) is 1.18. The van der Waals surface area contributed by atoms with Crippen molar-refractivity contribution < 1.29 is 14.2 Å². The Morgan fingerprint density at radius 2 is 2.03 bits per heavy atom. The Balaban J connectivity index is 1.79. The number of pyridine rings is 1. The van der Waals surface area contributed by atoms with Gasteiger partial charge in [0, 0.05) is 44.0 Å². The van der Waals surface area contributed by atoms with Crippen LogP contribution in [-0.4, -0.2) is 65.1 Å². The molecule has 0 bridgehead atoms. The van der Waals surface area contributed by atoms with Gasteiger partial charge in [-0.3, -0.25) is 5.41 Å². The summed E-state index contributed by atoms with van der Waals surface area (Å²) in [5.74, 6) is -1.41. The topological polar surface area (TPSA) is 119 Å². The number of aromatic nitrogens is 3. The number of piperazine rings is 1. The Morgan fingerprint density at radius 3 is 2.69 bits per heavy atom. The number of ether oxygens (including phenoxy) is 1. The molecule has 0 amide bonds. The number of hydrogen-bond acceptors (Lipinski definition) is 9. The maximum Gasteiger partial charge on any atom is 0.226 e. The Morgan fingerprint density at radius 1 is 1.31 bits per heavy atom. The van der Waals surface area contributed by atoms with E-state index in [0.29, 0.717) is 23.1 Å². The third-order valence-electron chi connectivity index (χ3n) is 5.43. The highest BCUT2D eigenvalue weighted by molar-refractivity contribution is 6.16. The van der Waals surface area contributed by atoms with Gasteiger partial charge in [0.25, 0.3) is 0 Å². The summed E-state index contributed by atoms with van der Waals surface area (Å²) >= 11 is 0. The largest absolute Gasteiger partial charge is 0.504 e. The minimum atomic E-state index is -1.04. The van der Waals surface area contributed by atoms with E-state index in [9.17, 15) is 9.50 Å². The molecule has 2 aliphatic rings. The summed E-state index contributed by atoms with van der Waals surface area (Å²) in [5, 5.41) is 25.1. The fraction of sp³-hybridized carbons (Fsp3) is 0.364. The molecule has 2 atom stereocenters. The summed E-state index contributed by atoms with van der Waals surface area (Å²) in [7, 11) is 3.13. The van der Waals surface area contributed by atoms with E-state index in [-0.39, 0.29) is 22.9 Å². The number of allylic oxidation sites excluding steroid dienone is 4. The van der Waals surface area contributed by atoms with Gasteiger partial charge in [0.05, 0.1) is 30.0 Å². The molecule has 32 heavy (non-hydrogen) atoms. The van der Waals surface area contributed by atoms with Crippen molar-refractivity contribution in [3.05, 3.63) is 47.5 Å². The van der Waals surface area contributed by atoms with Crippen LogP contribution in [-0.2, 0) is 0 Å². The van der Waals surface area contributed by atoms with Gasteiger partial charge < -0.3 is 25.4 Å². The van der Waals surface area contributed by atoms with Crippen LogP contribution < -0.4 is 20.3 Å². The highest BCUT2D eigenvalue weighted by atomic mass is 19.1. The zero-order valence-electron chi connectivity index (χ0n) is 18.4. The van der Waals surface area contributed by atoms with E-state index >= 15 is 0 Å². The van der Waals surface area contributed by atoms with Crippen molar-refractivity contribution in [1.82, 2.24) is 25.6 Å². The van der Waals surface area contributed by atoms with E-state index in [4.69, 9.17) is 10.1 Å². The predicted molar refractivity (Wildman–Crippen MR) is 122 cm³/mol. The van der Waals surface area contributed by atoms with E-state index < -0.39 is 17.3 Å². The van der Waals surface area contributed by atoms with Crippen molar-refractivity contribution in [2.75, 3.05) is 32.1 Å². The second-order valence-corrected chi connectivity index (χ2v) is 7.98. The van der Waals surface area contributed by atoms with Crippen molar-refractivity contribution >= 4 is 28.0 Å². The molecular formula is C22H26FN7O2. The van der Waals surface area contributed by atoms with Crippen LogP contribution in [0, 0.1) is 5.41 Å². The molecule has 0 radical (unpaired) electrons.